The molecule has 0 N–H and O–H groups in total. The fraction of sp³-hybridized carbons (Fsp3) is 0.250. The topological polar surface area (TPSA) is 3.24 Å². The zero-order valence-corrected chi connectivity index (χ0v) is 11.9. The van der Waals surface area contributed by atoms with Crippen LogP contribution in [-0.4, -0.2) is 6.54 Å². The monoisotopic (exact) mass is 277 g/mol. The van der Waals surface area contributed by atoms with Crippen LogP contribution in [-0.2, 0) is 5.88 Å². The van der Waals surface area contributed by atoms with Gasteiger partial charge < -0.3 is 4.90 Å². The van der Waals surface area contributed by atoms with Crippen molar-refractivity contribution in [2.45, 2.75) is 19.7 Å². The van der Waals surface area contributed by atoms with Gasteiger partial charge in [0, 0.05) is 23.8 Å². The summed E-state index contributed by atoms with van der Waals surface area (Å²) in [5.41, 5.74) is 4.20. The molecule has 19 heavy (non-hydrogen) atoms. The molecule has 0 aliphatic rings. The Labute approximate surface area is 118 Å². The maximum absolute atomic E-state index is 13.3. The molecule has 0 bridgehead atoms. The smallest absolute Gasteiger partial charge is 0.125 e. The van der Waals surface area contributed by atoms with Gasteiger partial charge in [-0.3, -0.25) is 0 Å². The van der Waals surface area contributed by atoms with Crippen molar-refractivity contribution in [1.29, 1.82) is 0 Å². The van der Waals surface area contributed by atoms with Gasteiger partial charge in [0.25, 0.3) is 0 Å². The van der Waals surface area contributed by atoms with Gasteiger partial charge in [-0.25, -0.2) is 4.39 Å². The molecule has 2 rings (SSSR count). The zero-order valence-electron chi connectivity index (χ0n) is 11.2. The molecule has 3 heteroatoms. The molecule has 2 aromatic carbocycles. The highest BCUT2D eigenvalue weighted by Gasteiger charge is 2.09. The van der Waals surface area contributed by atoms with E-state index >= 15 is 0 Å². The van der Waals surface area contributed by atoms with Crippen LogP contribution in [0.4, 0.5) is 15.8 Å². The second-order valence-electron chi connectivity index (χ2n) is 4.47. The van der Waals surface area contributed by atoms with Gasteiger partial charge in [-0.1, -0.05) is 12.1 Å². The minimum atomic E-state index is -0.218. The molecule has 0 atom stereocenters. The summed E-state index contributed by atoms with van der Waals surface area (Å²) in [6, 6.07) is 12.8. The van der Waals surface area contributed by atoms with E-state index in [1.807, 2.05) is 25.1 Å². The third kappa shape index (κ3) is 3.07. The Balaban J connectivity index is 2.39. The van der Waals surface area contributed by atoms with E-state index in [9.17, 15) is 4.39 Å². The molecule has 0 fully saturated rings. The van der Waals surface area contributed by atoms with Gasteiger partial charge in [-0.05, 0) is 55.3 Å². The summed E-state index contributed by atoms with van der Waals surface area (Å²) in [5.74, 6) is 0.295. The lowest BCUT2D eigenvalue weighted by atomic mass is 10.1. The van der Waals surface area contributed by atoms with Crippen molar-refractivity contribution in [3.8, 4) is 0 Å². The number of hydrogen-bond acceptors (Lipinski definition) is 1. The third-order valence-corrected chi connectivity index (χ3v) is 3.51. The molecule has 0 unspecified atom stereocenters. The third-order valence-electron chi connectivity index (χ3n) is 3.22. The van der Waals surface area contributed by atoms with E-state index < -0.39 is 0 Å². The van der Waals surface area contributed by atoms with Crippen molar-refractivity contribution in [2.24, 2.45) is 0 Å². The lowest BCUT2D eigenvalue weighted by Gasteiger charge is -2.24. The summed E-state index contributed by atoms with van der Waals surface area (Å²) in [4.78, 5) is 2.08. The molecule has 0 aliphatic heterocycles. The van der Waals surface area contributed by atoms with Gasteiger partial charge in [0.1, 0.15) is 5.82 Å². The number of anilines is 2. The van der Waals surface area contributed by atoms with Crippen molar-refractivity contribution in [2.75, 3.05) is 11.4 Å². The van der Waals surface area contributed by atoms with E-state index in [-0.39, 0.29) is 5.82 Å². The summed E-state index contributed by atoms with van der Waals surface area (Å²) in [6.45, 7) is 4.87. The Morgan fingerprint density at radius 3 is 2.42 bits per heavy atom. The second-order valence-corrected chi connectivity index (χ2v) is 4.74. The van der Waals surface area contributed by atoms with Crippen LogP contribution in [0.15, 0.2) is 42.5 Å². The first kappa shape index (κ1) is 13.9. The first-order valence-electron chi connectivity index (χ1n) is 6.34. The van der Waals surface area contributed by atoms with E-state index in [0.29, 0.717) is 5.88 Å². The quantitative estimate of drug-likeness (QED) is 0.709. The average Bonchev–Trinajstić information content (AvgIpc) is 2.40. The summed E-state index contributed by atoms with van der Waals surface area (Å²) in [6.07, 6.45) is 0. The van der Waals surface area contributed by atoms with Crippen LogP contribution >= 0.6 is 11.6 Å². The van der Waals surface area contributed by atoms with Gasteiger partial charge in [-0.2, -0.15) is 0 Å². The second kappa shape index (κ2) is 6.07. The average molecular weight is 278 g/mol. The van der Waals surface area contributed by atoms with Gasteiger partial charge in [0.2, 0.25) is 0 Å². The number of nitrogens with zero attached hydrogens (tertiary/aromatic N) is 1. The van der Waals surface area contributed by atoms with Crippen molar-refractivity contribution < 1.29 is 4.39 Å². The van der Waals surface area contributed by atoms with Crippen LogP contribution in [0.3, 0.4) is 0 Å². The molecule has 0 radical (unpaired) electrons. The van der Waals surface area contributed by atoms with Crippen LogP contribution in [0.5, 0.6) is 0 Å². The predicted octanol–water partition coefficient (Wildman–Crippen LogP) is 5.03. The lowest BCUT2D eigenvalue weighted by molar-refractivity contribution is 0.627. The zero-order chi connectivity index (χ0) is 13.8. The minimum absolute atomic E-state index is 0.218. The van der Waals surface area contributed by atoms with Crippen LogP contribution in [0.2, 0.25) is 0 Å². The van der Waals surface area contributed by atoms with Crippen LogP contribution < -0.4 is 4.90 Å². The first-order valence-corrected chi connectivity index (χ1v) is 6.87. The molecular weight excluding hydrogens is 261 g/mol. The molecule has 2 aromatic rings. The Hall–Kier alpha value is -1.54. The van der Waals surface area contributed by atoms with Crippen molar-refractivity contribution in [3.63, 3.8) is 0 Å². The lowest BCUT2D eigenvalue weighted by Crippen LogP contribution is -2.16. The van der Waals surface area contributed by atoms with E-state index in [0.717, 1.165) is 29.0 Å². The number of aryl methyl sites for hydroxylation is 1. The van der Waals surface area contributed by atoms with E-state index in [1.54, 1.807) is 12.1 Å². The Kier molecular flexibility index (Phi) is 4.43. The number of hydrogen-bond donors (Lipinski definition) is 0. The maximum Gasteiger partial charge on any atom is 0.125 e. The highest BCUT2D eigenvalue weighted by atomic mass is 35.5. The highest BCUT2D eigenvalue weighted by molar-refractivity contribution is 6.17. The Morgan fingerprint density at radius 1 is 1.11 bits per heavy atom. The first-order chi connectivity index (χ1) is 9.15. The van der Waals surface area contributed by atoms with E-state index in [1.165, 1.54) is 6.07 Å². The summed E-state index contributed by atoms with van der Waals surface area (Å²) in [5, 5.41) is 0. The van der Waals surface area contributed by atoms with Crippen LogP contribution in [0.1, 0.15) is 18.1 Å². The molecular formula is C16H17ClFN. The van der Waals surface area contributed by atoms with Gasteiger partial charge in [0.05, 0.1) is 0 Å². The number of rotatable bonds is 4. The summed E-state index contributed by atoms with van der Waals surface area (Å²) >= 11 is 5.87. The molecule has 0 spiro atoms. The molecule has 1 nitrogen and oxygen atoms in total. The molecule has 0 saturated carbocycles. The predicted molar refractivity (Wildman–Crippen MR) is 79.8 cm³/mol. The molecule has 0 heterocycles. The Bertz CT molecular complexity index is 568. The summed E-state index contributed by atoms with van der Waals surface area (Å²) < 4.78 is 13.3. The maximum atomic E-state index is 13.3. The SMILES string of the molecule is CCN(c1cccc(F)c1)c1ccc(CCl)c(C)c1. The fourth-order valence-corrected chi connectivity index (χ4v) is 2.46. The molecule has 0 aliphatic carbocycles. The van der Waals surface area contributed by atoms with Crippen molar-refractivity contribution in [1.82, 2.24) is 0 Å². The van der Waals surface area contributed by atoms with Crippen LogP contribution in [0, 0.1) is 12.7 Å². The highest BCUT2D eigenvalue weighted by Crippen LogP contribution is 2.27. The standard InChI is InChI=1S/C16H17ClFN/c1-3-19(15-6-4-5-14(18)10-15)16-8-7-13(11-17)12(2)9-16/h4-10H,3,11H2,1-2H3. The normalized spacial score (nSPS) is 10.5. The van der Waals surface area contributed by atoms with E-state index in [2.05, 4.69) is 17.9 Å². The summed E-state index contributed by atoms with van der Waals surface area (Å²) in [7, 11) is 0. The van der Waals surface area contributed by atoms with Gasteiger partial charge in [0.15, 0.2) is 0 Å². The minimum Gasteiger partial charge on any atom is -0.342 e. The van der Waals surface area contributed by atoms with E-state index in [4.69, 9.17) is 11.6 Å². The van der Waals surface area contributed by atoms with Gasteiger partial charge >= 0.3 is 0 Å². The number of halogens is 2. The molecule has 100 valence electrons. The molecule has 0 aromatic heterocycles. The van der Waals surface area contributed by atoms with Crippen molar-refractivity contribution in [3.05, 3.63) is 59.4 Å². The number of benzene rings is 2. The van der Waals surface area contributed by atoms with Crippen molar-refractivity contribution >= 4 is 23.0 Å². The molecule has 0 amide bonds. The van der Waals surface area contributed by atoms with Crippen LogP contribution in [0.25, 0.3) is 0 Å². The fourth-order valence-electron chi connectivity index (χ4n) is 2.16. The van der Waals surface area contributed by atoms with Gasteiger partial charge in [-0.15, -0.1) is 11.6 Å². The Morgan fingerprint density at radius 2 is 1.84 bits per heavy atom. The molecule has 0 saturated heterocycles. The number of alkyl halides is 1. The largest absolute Gasteiger partial charge is 0.342 e.